The highest BCUT2D eigenvalue weighted by Gasteiger charge is 2.35. The largest absolute Gasteiger partial charge is 0.444 e. The molecule has 0 saturated heterocycles. The van der Waals surface area contributed by atoms with Crippen molar-refractivity contribution >= 4 is 5.96 Å². The van der Waals surface area contributed by atoms with Crippen LogP contribution in [0.2, 0.25) is 0 Å². The van der Waals surface area contributed by atoms with Gasteiger partial charge in [-0.3, -0.25) is 0 Å². The Morgan fingerprint density at radius 3 is 2.79 bits per heavy atom. The SMILES string of the molecule is CCNC(=NCc1coc(-c2ccc(C)cc2)n1)NCC1(C)CCCCC1O. The molecule has 1 aromatic heterocycles. The van der Waals surface area contributed by atoms with Crippen molar-refractivity contribution in [3.63, 3.8) is 0 Å². The van der Waals surface area contributed by atoms with Crippen LogP contribution in [0.4, 0.5) is 0 Å². The van der Waals surface area contributed by atoms with Crippen LogP contribution < -0.4 is 10.6 Å². The van der Waals surface area contributed by atoms with Crippen LogP contribution in [-0.4, -0.2) is 35.2 Å². The fourth-order valence-electron chi connectivity index (χ4n) is 3.58. The van der Waals surface area contributed by atoms with E-state index in [1.165, 1.54) is 12.0 Å². The minimum absolute atomic E-state index is 0.110. The van der Waals surface area contributed by atoms with Gasteiger partial charge in [-0.15, -0.1) is 0 Å². The van der Waals surface area contributed by atoms with Gasteiger partial charge in [0, 0.05) is 24.1 Å². The number of nitrogens with one attached hydrogen (secondary N) is 2. The van der Waals surface area contributed by atoms with Gasteiger partial charge in [0.1, 0.15) is 12.0 Å². The molecule has 0 amide bonds. The summed E-state index contributed by atoms with van der Waals surface area (Å²) in [4.78, 5) is 9.18. The molecule has 6 nitrogen and oxygen atoms in total. The summed E-state index contributed by atoms with van der Waals surface area (Å²) in [5.74, 6) is 1.35. The average molecular weight is 385 g/mol. The van der Waals surface area contributed by atoms with Crippen LogP contribution >= 0.6 is 0 Å². The molecule has 2 aromatic rings. The van der Waals surface area contributed by atoms with Crippen molar-refractivity contribution in [3.05, 3.63) is 41.8 Å². The molecule has 1 aliphatic rings. The van der Waals surface area contributed by atoms with Gasteiger partial charge in [0.2, 0.25) is 5.89 Å². The van der Waals surface area contributed by atoms with E-state index >= 15 is 0 Å². The Kier molecular flexibility index (Phi) is 6.73. The summed E-state index contributed by atoms with van der Waals surface area (Å²) >= 11 is 0. The molecule has 1 saturated carbocycles. The molecular formula is C22H32N4O2. The van der Waals surface area contributed by atoms with Gasteiger partial charge < -0.3 is 20.2 Å². The molecule has 2 atom stereocenters. The topological polar surface area (TPSA) is 82.7 Å². The van der Waals surface area contributed by atoms with Crippen molar-refractivity contribution in [3.8, 4) is 11.5 Å². The van der Waals surface area contributed by atoms with Crippen LogP contribution in [-0.2, 0) is 6.54 Å². The van der Waals surface area contributed by atoms with Crippen molar-refractivity contribution in [2.45, 2.75) is 59.1 Å². The van der Waals surface area contributed by atoms with Crippen molar-refractivity contribution in [1.82, 2.24) is 15.6 Å². The smallest absolute Gasteiger partial charge is 0.226 e. The lowest BCUT2D eigenvalue weighted by Crippen LogP contribution is -2.48. The summed E-state index contributed by atoms with van der Waals surface area (Å²) in [5.41, 5.74) is 2.85. The molecule has 28 heavy (non-hydrogen) atoms. The summed E-state index contributed by atoms with van der Waals surface area (Å²) in [6, 6.07) is 8.11. The predicted octanol–water partition coefficient (Wildman–Crippen LogP) is 3.65. The first-order valence-electron chi connectivity index (χ1n) is 10.2. The van der Waals surface area contributed by atoms with E-state index in [2.05, 4.69) is 34.5 Å². The van der Waals surface area contributed by atoms with Crippen LogP contribution in [0, 0.1) is 12.3 Å². The van der Waals surface area contributed by atoms with Crippen LogP contribution in [0.5, 0.6) is 0 Å². The Morgan fingerprint density at radius 1 is 1.29 bits per heavy atom. The molecular weight excluding hydrogens is 352 g/mol. The first kappa shape index (κ1) is 20.4. The van der Waals surface area contributed by atoms with Crippen LogP contribution in [0.15, 0.2) is 39.9 Å². The Morgan fingerprint density at radius 2 is 2.07 bits per heavy atom. The normalized spacial score (nSPS) is 22.9. The highest BCUT2D eigenvalue weighted by Crippen LogP contribution is 2.35. The van der Waals surface area contributed by atoms with E-state index < -0.39 is 0 Å². The highest BCUT2D eigenvalue weighted by atomic mass is 16.3. The van der Waals surface area contributed by atoms with Crippen molar-refractivity contribution in [2.24, 2.45) is 10.4 Å². The second-order valence-electron chi connectivity index (χ2n) is 7.97. The zero-order valence-corrected chi connectivity index (χ0v) is 17.2. The minimum Gasteiger partial charge on any atom is -0.444 e. The third kappa shape index (κ3) is 5.13. The lowest BCUT2D eigenvalue weighted by Gasteiger charge is -2.38. The van der Waals surface area contributed by atoms with Crippen molar-refractivity contribution in [2.75, 3.05) is 13.1 Å². The molecule has 0 spiro atoms. The fraction of sp³-hybridized carbons (Fsp3) is 0.545. The van der Waals surface area contributed by atoms with Gasteiger partial charge in [0.05, 0.1) is 12.6 Å². The van der Waals surface area contributed by atoms with Gasteiger partial charge in [0.25, 0.3) is 0 Å². The second-order valence-corrected chi connectivity index (χ2v) is 7.97. The van der Waals surface area contributed by atoms with E-state index in [9.17, 15) is 5.11 Å². The van der Waals surface area contributed by atoms with E-state index in [0.29, 0.717) is 19.0 Å². The molecule has 3 rings (SSSR count). The molecule has 0 radical (unpaired) electrons. The quantitative estimate of drug-likeness (QED) is 0.523. The highest BCUT2D eigenvalue weighted by molar-refractivity contribution is 5.79. The number of rotatable bonds is 6. The number of guanidine groups is 1. The number of aryl methyl sites for hydroxylation is 1. The Balaban J connectivity index is 1.62. The zero-order valence-electron chi connectivity index (χ0n) is 17.2. The molecule has 3 N–H and O–H groups in total. The molecule has 1 fully saturated rings. The maximum Gasteiger partial charge on any atom is 0.226 e. The zero-order chi connectivity index (χ0) is 20.0. The number of benzene rings is 1. The summed E-state index contributed by atoms with van der Waals surface area (Å²) in [7, 11) is 0. The third-order valence-electron chi connectivity index (χ3n) is 5.53. The van der Waals surface area contributed by atoms with E-state index in [1.54, 1.807) is 6.26 Å². The lowest BCUT2D eigenvalue weighted by molar-refractivity contribution is 0.00397. The number of hydrogen-bond acceptors (Lipinski definition) is 4. The van der Waals surface area contributed by atoms with E-state index in [1.807, 2.05) is 31.2 Å². The summed E-state index contributed by atoms with van der Waals surface area (Å²) in [6.45, 7) is 8.16. The predicted molar refractivity (Wildman–Crippen MR) is 112 cm³/mol. The van der Waals surface area contributed by atoms with Gasteiger partial charge >= 0.3 is 0 Å². The van der Waals surface area contributed by atoms with Crippen molar-refractivity contribution < 1.29 is 9.52 Å². The molecule has 0 bridgehead atoms. The number of aliphatic hydroxyl groups is 1. The molecule has 1 aliphatic carbocycles. The lowest BCUT2D eigenvalue weighted by atomic mass is 9.73. The van der Waals surface area contributed by atoms with Gasteiger partial charge in [0.15, 0.2) is 5.96 Å². The van der Waals surface area contributed by atoms with Gasteiger partial charge in [-0.05, 0) is 38.8 Å². The summed E-state index contributed by atoms with van der Waals surface area (Å²) in [5, 5.41) is 17.0. The molecule has 152 valence electrons. The fourth-order valence-corrected chi connectivity index (χ4v) is 3.58. The Hall–Kier alpha value is -2.34. The van der Waals surface area contributed by atoms with Gasteiger partial charge in [-0.2, -0.15) is 0 Å². The number of oxazole rings is 1. The standard InChI is InChI=1S/C22H32N4O2/c1-4-23-21(25-15-22(3)12-6-5-7-19(22)27)24-13-18-14-28-20(26-18)17-10-8-16(2)9-11-17/h8-11,14,19,27H,4-7,12-13,15H2,1-3H3,(H2,23,24,25). The molecule has 0 aliphatic heterocycles. The number of nitrogens with zero attached hydrogens (tertiary/aromatic N) is 2. The monoisotopic (exact) mass is 384 g/mol. The maximum atomic E-state index is 10.4. The molecule has 1 heterocycles. The first-order chi connectivity index (χ1) is 13.5. The Labute approximate surface area is 167 Å². The van der Waals surface area contributed by atoms with E-state index in [0.717, 1.165) is 43.0 Å². The first-order valence-corrected chi connectivity index (χ1v) is 10.2. The third-order valence-corrected chi connectivity index (χ3v) is 5.53. The molecule has 6 heteroatoms. The molecule has 2 unspecified atom stereocenters. The number of aromatic nitrogens is 1. The van der Waals surface area contributed by atoms with Crippen molar-refractivity contribution in [1.29, 1.82) is 0 Å². The molecule has 1 aromatic carbocycles. The van der Waals surface area contributed by atoms with Crippen LogP contribution in [0.25, 0.3) is 11.5 Å². The summed E-state index contributed by atoms with van der Waals surface area (Å²) in [6.07, 6.45) is 5.60. The number of aliphatic hydroxyl groups excluding tert-OH is 1. The van der Waals surface area contributed by atoms with Gasteiger partial charge in [-0.1, -0.05) is 37.5 Å². The van der Waals surface area contributed by atoms with E-state index in [-0.39, 0.29) is 11.5 Å². The summed E-state index contributed by atoms with van der Waals surface area (Å²) < 4.78 is 5.61. The Bertz CT molecular complexity index is 784. The average Bonchev–Trinajstić information content (AvgIpc) is 3.16. The maximum absolute atomic E-state index is 10.4. The van der Waals surface area contributed by atoms with Crippen LogP contribution in [0.3, 0.4) is 0 Å². The number of hydrogen-bond donors (Lipinski definition) is 3. The van der Waals surface area contributed by atoms with Gasteiger partial charge in [-0.25, -0.2) is 9.98 Å². The number of aliphatic imine (C=N–C) groups is 1. The van der Waals surface area contributed by atoms with E-state index in [4.69, 9.17) is 4.42 Å². The minimum atomic E-state index is -0.260. The van der Waals surface area contributed by atoms with Crippen LogP contribution in [0.1, 0.15) is 50.8 Å². The second kappa shape index (κ2) is 9.24.